The highest BCUT2D eigenvalue weighted by atomic mass is 35.5. The minimum absolute atomic E-state index is 0.0581. The summed E-state index contributed by atoms with van der Waals surface area (Å²) in [6.45, 7) is 17.5. The predicted octanol–water partition coefficient (Wildman–Crippen LogP) is 7.28. The third-order valence-corrected chi connectivity index (χ3v) is 14.8. The molecule has 7 atom stereocenters. The number of benzene rings is 2. The summed E-state index contributed by atoms with van der Waals surface area (Å²) in [6, 6.07) is 12.8. The Morgan fingerprint density at radius 3 is 2.51 bits per heavy atom. The number of halogens is 1. The van der Waals surface area contributed by atoms with Gasteiger partial charge in [0, 0.05) is 67.6 Å². The lowest BCUT2D eigenvalue weighted by molar-refractivity contribution is 0.0234. The van der Waals surface area contributed by atoms with Crippen molar-refractivity contribution in [3.05, 3.63) is 70.3 Å². The van der Waals surface area contributed by atoms with E-state index in [9.17, 15) is 4.79 Å². The van der Waals surface area contributed by atoms with Crippen LogP contribution in [-0.4, -0.2) is 112 Å². The van der Waals surface area contributed by atoms with E-state index in [0.717, 1.165) is 94.7 Å². The molecule has 53 heavy (non-hydrogen) atoms. The first-order chi connectivity index (χ1) is 25.8. The Labute approximate surface area is 325 Å². The summed E-state index contributed by atoms with van der Waals surface area (Å²) in [5, 5.41) is 1.05. The van der Waals surface area contributed by atoms with Crippen molar-refractivity contribution in [3.8, 4) is 5.75 Å². The number of nitrogens with one attached hydrogen (secondary N) is 1. The summed E-state index contributed by atoms with van der Waals surface area (Å²) >= 11 is 6.52. The molecule has 8 nitrogen and oxygen atoms in total. The molecule has 1 saturated carbocycles. The van der Waals surface area contributed by atoms with Gasteiger partial charge in [0.25, 0.3) is 5.91 Å². The van der Waals surface area contributed by atoms with Gasteiger partial charge in [-0.05, 0) is 90.8 Å². The van der Waals surface area contributed by atoms with Crippen molar-refractivity contribution in [2.24, 2.45) is 23.7 Å². The molecule has 7 unspecified atom stereocenters. The second-order valence-corrected chi connectivity index (χ2v) is 18.4. The van der Waals surface area contributed by atoms with Gasteiger partial charge in [-0.25, -0.2) is 0 Å². The Morgan fingerprint density at radius 2 is 1.77 bits per heavy atom. The van der Waals surface area contributed by atoms with E-state index in [2.05, 4.69) is 76.4 Å². The highest BCUT2D eigenvalue weighted by Crippen LogP contribution is 2.45. The number of anilines is 1. The molecule has 2 aromatic carbocycles. The van der Waals surface area contributed by atoms with Crippen LogP contribution in [0.3, 0.4) is 0 Å². The SMILES string of the molecule is C=S1NC(=O)c2ccc3c(c2)N(CC(c2ccc(Cl)cc2CCC)CO3)CC2CCC2C(CN2CCN(C3COCCOC3)CC2)/C=C/CC(C)C1C. The highest BCUT2D eigenvalue weighted by molar-refractivity contribution is 8.13. The Balaban J connectivity index is 1.16. The number of piperazine rings is 1. The van der Waals surface area contributed by atoms with Crippen LogP contribution in [0, 0.1) is 23.7 Å². The zero-order chi connectivity index (χ0) is 36.9. The zero-order valence-electron chi connectivity index (χ0n) is 32.1. The molecule has 2 saturated heterocycles. The number of carbonyl (C=O) groups is 1. The molecule has 3 fully saturated rings. The van der Waals surface area contributed by atoms with E-state index in [1.165, 1.54) is 24.0 Å². The first-order valence-corrected chi connectivity index (χ1v) is 22.0. The Kier molecular flexibility index (Phi) is 13.2. The van der Waals surface area contributed by atoms with Gasteiger partial charge in [0.1, 0.15) is 5.75 Å². The maximum atomic E-state index is 13.7. The molecule has 1 N–H and O–H groups in total. The number of fused-ring (bicyclic) bond motifs is 2. The second-order valence-electron chi connectivity index (χ2n) is 16.2. The van der Waals surface area contributed by atoms with Crippen LogP contribution in [0.15, 0.2) is 48.6 Å². The molecule has 7 rings (SSSR count). The van der Waals surface area contributed by atoms with E-state index in [0.29, 0.717) is 55.1 Å². The summed E-state index contributed by atoms with van der Waals surface area (Å²) in [6.07, 6.45) is 10.5. The van der Waals surface area contributed by atoms with Gasteiger partial charge in [0.2, 0.25) is 0 Å². The number of nitrogens with zero attached hydrogens (tertiary/aromatic N) is 3. The monoisotopic (exact) mass is 764 g/mol. The van der Waals surface area contributed by atoms with Crippen LogP contribution in [0.4, 0.5) is 5.69 Å². The quantitative estimate of drug-likeness (QED) is 0.245. The van der Waals surface area contributed by atoms with Gasteiger partial charge in [-0.3, -0.25) is 9.69 Å². The van der Waals surface area contributed by atoms with Crippen LogP contribution < -0.4 is 14.4 Å². The van der Waals surface area contributed by atoms with Crippen LogP contribution in [0.5, 0.6) is 5.75 Å². The molecular formula is C43H61ClN4O4S. The topological polar surface area (TPSA) is 66.5 Å². The summed E-state index contributed by atoms with van der Waals surface area (Å²) in [7, 11) is -0.513. The lowest BCUT2D eigenvalue weighted by atomic mass is 9.66. The number of rotatable bonds is 6. The lowest BCUT2D eigenvalue weighted by Crippen LogP contribution is -2.54. The van der Waals surface area contributed by atoms with Gasteiger partial charge in [-0.15, -0.1) is 0 Å². The minimum atomic E-state index is -0.513. The third kappa shape index (κ3) is 9.36. The molecule has 4 heterocycles. The molecule has 0 aromatic heterocycles. The van der Waals surface area contributed by atoms with Crippen molar-refractivity contribution < 1.29 is 19.0 Å². The first kappa shape index (κ1) is 38.9. The number of ether oxygens (including phenoxy) is 3. The van der Waals surface area contributed by atoms with E-state index in [1.807, 2.05) is 18.2 Å². The first-order valence-electron chi connectivity index (χ1n) is 20.2. The van der Waals surface area contributed by atoms with Crippen LogP contribution in [0.25, 0.3) is 0 Å². The maximum Gasteiger partial charge on any atom is 0.260 e. The van der Waals surface area contributed by atoms with Crippen molar-refractivity contribution in [1.29, 1.82) is 0 Å². The standard InChI is InChI=1S/C43H61ClN4O4S/c1-5-7-32-22-37(44)12-14-39(32)36-26-48-25-35-10-13-40(35)34(24-46-16-18-47(19-17-46)38-28-50-20-21-51-29-38)9-6-8-30(2)31(3)53(4)45-43(49)33-11-15-42(52-27-36)41(48)23-33/h6,9,11-12,14-15,22-23,30-31,34-36,38,40H,4-5,7-8,10,13,16-21,24-29H2,1-3H3,(H,45,49)/b9-6+. The van der Waals surface area contributed by atoms with Crippen molar-refractivity contribution in [2.45, 2.75) is 70.1 Å². The zero-order valence-corrected chi connectivity index (χ0v) is 33.7. The number of carbonyl (C=O) groups excluding carboxylic acids is 1. The fourth-order valence-electron chi connectivity index (χ4n) is 9.10. The molecule has 4 aliphatic heterocycles. The molecule has 0 spiro atoms. The van der Waals surface area contributed by atoms with Gasteiger partial charge < -0.3 is 28.7 Å². The molecule has 10 heteroatoms. The summed E-state index contributed by atoms with van der Waals surface area (Å²) in [5.41, 5.74) is 4.34. The average Bonchev–Trinajstić information content (AvgIpc) is 3.53. The number of aryl methyl sites for hydroxylation is 1. The lowest BCUT2D eigenvalue weighted by Gasteiger charge is -2.46. The third-order valence-electron chi connectivity index (χ3n) is 12.7. The molecule has 0 radical (unpaired) electrons. The largest absolute Gasteiger partial charge is 0.491 e. The molecule has 2 bridgehead atoms. The molecule has 2 aromatic rings. The second kappa shape index (κ2) is 18.0. The van der Waals surface area contributed by atoms with E-state index < -0.39 is 10.7 Å². The van der Waals surface area contributed by atoms with Gasteiger partial charge in [-0.2, -0.15) is 0 Å². The van der Waals surface area contributed by atoms with Crippen LogP contribution in [0.2, 0.25) is 5.02 Å². The van der Waals surface area contributed by atoms with Gasteiger partial charge in [-0.1, -0.05) is 73.6 Å². The van der Waals surface area contributed by atoms with Crippen LogP contribution >= 0.6 is 22.3 Å². The molecular weight excluding hydrogens is 704 g/mol. The molecule has 1 amide bonds. The van der Waals surface area contributed by atoms with E-state index >= 15 is 0 Å². The normalized spacial score (nSPS) is 31.7. The maximum absolute atomic E-state index is 13.7. The van der Waals surface area contributed by atoms with Gasteiger partial charge in [0.05, 0.1) is 44.8 Å². The highest BCUT2D eigenvalue weighted by Gasteiger charge is 2.40. The number of hydrogen-bond donors (Lipinski definition) is 1. The smallest absolute Gasteiger partial charge is 0.260 e. The number of hydrogen-bond acceptors (Lipinski definition) is 7. The van der Waals surface area contributed by atoms with Crippen molar-refractivity contribution in [1.82, 2.24) is 14.5 Å². The van der Waals surface area contributed by atoms with Gasteiger partial charge in [0.15, 0.2) is 0 Å². The summed E-state index contributed by atoms with van der Waals surface area (Å²) in [5.74, 6) is 7.50. The number of amides is 1. The van der Waals surface area contributed by atoms with Crippen LogP contribution in [0.1, 0.15) is 73.9 Å². The van der Waals surface area contributed by atoms with Crippen molar-refractivity contribution in [2.75, 3.05) is 83.7 Å². The number of allylic oxidation sites excluding steroid dienone is 1. The molecule has 1 aliphatic carbocycles. The Bertz CT molecular complexity index is 1610. The summed E-state index contributed by atoms with van der Waals surface area (Å²) in [4.78, 5) is 21.6. The minimum Gasteiger partial charge on any atom is -0.491 e. The molecule has 290 valence electrons. The predicted molar refractivity (Wildman–Crippen MR) is 220 cm³/mol. The fraction of sp³-hybridized carbons (Fsp3) is 0.628. The van der Waals surface area contributed by atoms with Crippen LogP contribution in [-0.2, 0) is 15.9 Å². The van der Waals surface area contributed by atoms with Crippen molar-refractivity contribution in [3.63, 3.8) is 0 Å². The average molecular weight is 766 g/mol. The Morgan fingerprint density at radius 1 is 0.981 bits per heavy atom. The van der Waals surface area contributed by atoms with E-state index in [1.54, 1.807) is 0 Å². The van der Waals surface area contributed by atoms with Crippen molar-refractivity contribution >= 4 is 39.7 Å². The Hall–Kier alpha value is -2.40. The fourth-order valence-corrected chi connectivity index (χ4v) is 10.5. The molecule has 5 aliphatic rings. The summed E-state index contributed by atoms with van der Waals surface area (Å²) < 4.78 is 21.6. The van der Waals surface area contributed by atoms with E-state index in [-0.39, 0.29) is 17.1 Å². The van der Waals surface area contributed by atoms with E-state index in [4.69, 9.17) is 25.8 Å². The van der Waals surface area contributed by atoms with Gasteiger partial charge >= 0.3 is 0 Å².